The van der Waals surface area contributed by atoms with Crippen molar-refractivity contribution in [3.63, 3.8) is 0 Å². The zero-order valence-corrected chi connectivity index (χ0v) is 12.7. The van der Waals surface area contributed by atoms with Crippen molar-refractivity contribution in [2.24, 2.45) is 0 Å². The van der Waals surface area contributed by atoms with E-state index < -0.39 is 5.97 Å². The Hall–Kier alpha value is -1.91. The molecule has 0 unspecified atom stereocenters. The third kappa shape index (κ3) is 3.23. The molecule has 0 saturated heterocycles. The third-order valence-corrected chi connectivity index (χ3v) is 4.41. The largest absolute Gasteiger partial charge is 0.462 e. The molecule has 106 valence electrons. The topological polar surface area (TPSA) is 39.2 Å². The molecule has 0 fully saturated rings. The van der Waals surface area contributed by atoms with Gasteiger partial charge in [-0.2, -0.15) is 0 Å². The first kappa shape index (κ1) is 14.0. The molecule has 3 rings (SSSR count). The second kappa shape index (κ2) is 6.24. The van der Waals surface area contributed by atoms with E-state index in [0.717, 1.165) is 15.2 Å². The van der Waals surface area contributed by atoms with E-state index in [1.807, 2.05) is 24.3 Å². The number of aromatic nitrogens is 1. The Morgan fingerprint density at radius 3 is 2.71 bits per heavy atom. The molecule has 0 atom stereocenters. The second-order valence-corrected chi connectivity index (χ2v) is 5.96. The summed E-state index contributed by atoms with van der Waals surface area (Å²) in [7, 11) is 0. The minimum atomic E-state index is -0.401. The smallest absolute Gasteiger partial charge is 0.339 e. The van der Waals surface area contributed by atoms with Crippen LogP contribution in [0, 0.1) is 0 Å². The van der Waals surface area contributed by atoms with Gasteiger partial charge in [-0.1, -0.05) is 35.9 Å². The van der Waals surface area contributed by atoms with Crippen LogP contribution in [0.4, 0.5) is 0 Å². The van der Waals surface area contributed by atoms with Crippen LogP contribution in [-0.2, 0) is 11.2 Å². The Kier molecular flexibility index (Phi) is 4.18. The summed E-state index contributed by atoms with van der Waals surface area (Å²) < 4.78 is 6.40. The maximum absolute atomic E-state index is 11.9. The molecule has 1 aromatic heterocycles. The fraction of sp³-hybridized carbons (Fsp3) is 0.125. The number of para-hydroxylation sites is 1. The molecule has 0 radical (unpaired) electrons. The highest BCUT2D eigenvalue weighted by molar-refractivity contribution is 7.18. The standard InChI is InChI=1S/C16H12ClNO2S/c17-12-6-2-1-5-11(12)16(19)20-10-9-15-18-13-7-3-4-8-14(13)21-15/h1-8H,9-10H2. The molecular formula is C16H12ClNO2S. The van der Waals surface area contributed by atoms with E-state index in [1.54, 1.807) is 35.6 Å². The van der Waals surface area contributed by atoms with Gasteiger partial charge in [0.15, 0.2) is 0 Å². The van der Waals surface area contributed by atoms with E-state index in [9.17, 15) is 4.79 Å². The van der Waals surface area contributed by atoms with E-state index >= 15 is 0 Å². The van der Waals surface area contributed by atoms with Crippen molar-refractivity contribution in [3.05, 3.63) is 64.1 Å². The minimum absolute atomic E-state index is 0.296. The average Bonchev–Trinajstić information content (AvgIpc) is 2.90. The second-order valence-electron chi connectivity index (χ2n) is 4.44. The molecule has 0 bridgehead atoms. The number of carbonyl (C=O) groups is 1. The molecule has 0 aliphatic rings. The Labute approximate surface area is 131 Å². The maximum atomic E-state index is 11.9. The van der Waals surface area contributed by atoms with Crippen molar-refractivity contribution >= 4 is 39.1 Å². The predicted molar refractivity (Wildman–Crippen MR) is 85.1 cm³/mol. The number of hydrogen-bond acceptors (Lipinski definition) is 4. The van der Waals surface area contributed by atoms with Gasteiger partial charge in [-0.15, -0.1) is 11.3 Å². The van der Waals surface area contributed by atoms with Crippen LogP contribution < -0.4 is 0 Å². The van der Waals surface area contributed by atoms with Crippen LogP contribution in [0.5, 0.6) is 0 Å². The monoisotopic (exact) mass is 317 g/mol. The van der Waals surface area contributed by atoms with Crippen LogP contribution in [0.15, 0.2) is 48.5 Å². The number of rotatable bonds is 4. The lowest BCUT2D eigenvalue weighted by molar-refractivity contribution is 0.0509. The van der Waals surface area contributed by atoms with Crippen LogP contribution in [0.2, 0.25) is 5.02 Å². The van der Waals surface area contributed by atoms with Gasteiger partial charge in [-0.25, -0.2) is 9.78 Å². The molecular weight excluding hydrogens is 306 g/mol. The van der Waals surface area contributed by atoms with Crippen LogP contribution in [0.25, 0.3) is 10.2 Å². The van der Waals surface area contributed by atoms with Crippen molar-refractivity contribution in [2.75, 3.05) is 6.61 Å². The number of thiazole rings is 1. The first-order chi connectivity index (χ1) is 10.2. The Balaban J connectivity index is 1.61. The summed E-state index contributed by atoms with van der Waals surface area (Å²) >= 11 is 7.58. The van der Waals surface area contributed by atoms with Gasteiger partial charge in [0.25, 0.3) is 0 Å². The van der Waals surface area contributed by atoms with Crippen molar-refractivity contribution in [2.45, 2.75) is 6.42 Å². The van der Waals surface area contributed by atoms with Gasteiger partial charge in [0.05, 0.1) is 32.4 Å². The quantitative estimate of drug-likeness (QED) is 0.672. The molecule has 2 aromatic carbocycles. The van der Waals surface area contributed by atoms with Gasteiger partial charge in [0.2, 0.25) is 0 Å². The highest BCUT2D eigenvalue weighted by Gasteiger charge is 2.11. The lowest BCUT2D eigenvalue weighted by Gasteiger charge is -2.04. The van der Waals surface area contributed by atoms with E-state index in [1.165, 1.54) is 0 Å². The maximum Gasteiger partial charge on any atom is 0.339 e. The van der Waals surface area contributed by atoms with Crippen molar-refractivity contribution in [1.82, 2.24) is 4.98 Å². The molecule has 3 nitrogen and oxygen atoms in total. The SMILES string of the molecule is O=C(OCCc1nc2ccccc2s1)c1ccccc1Cl. The Morgan fingerprint density at radius 2 is 1.90 bits per heavy atom. The summed E-state index contributed by atoms with van der Waals surface area (Å²) in [6.45, 7) is 0.296. The molecule has 0 aliphatic carbocycles. The summed E-state index contributed by atoms with van der Waals surface area (Å²) in [6, 6.07) is 14.8. The highest BCUT2D eigenvalue weighted by atomic mass is 35.5. The summed E-state index contributed by atoms with van der Waals surface area (Å²) in [5.74, 6) is -0.401. The van der Waals surface area contributed by atoms with Gasteiger partial charge in [0.1, 0.15) is 0 Å². The fourth-order valence-electron chi connectivity index (χ4n) is 1.96. The molecule has 0 amide bonds. The number of benzene rings is 2. The average molecular weight is 318 g/mol. The molecule has 0 spiro atoms. The number of halogens is 1. The summed E-state index contributed by atoms with van der Waals surface area (Å²) in [4.78, 5) is 16.4. The van der Waals surface area contributed by atoms with Crippen LogP contribution in [0.3, 0.4) is 0 Å². The van der Waals surface area contributed by atoms with Gasteiger partial charge in [-0.3, -0.25) is 0 Å². The van der Waals surface area contributed by atoms with Gasteiger partial charge >= 0.3 is 5.97 Å². The molecule has 0 aliphatic heterocycles. The molecule has 1 heterocycles. The first-order valence-electron chi connectivity index (χ1n) is 6.50. The van der Waals surface area contributed by atoms with Gasteiger partial charge in [0, 0.05) is 6.42 Å². The van der Waals surface area contributed by atoms with E-state index in [4.69, 9.17) is 16.3 Å². The number of carbonyl (C=O) groups excluding carboxylic acids is 1. The molecule has 0 N–H and O–H groups in total. The number of ether oxygens (including phenoxy) is 1. The lowest BCUT2D eigenvalue weighted by Crippen LogP contribution is -2.08. The Morgan fingerprint density at radius 1 is 1.14 bits per heavy atom. The Bertz CT molecular complexity index is 752. The van der Waals surface area contributed by atoms with E-state index in [-0.39, 0.29) is 0 Å². The van der Waals surface area contributed by atoms with Crippen LogP contribution in [-0.4, -0.2) is 17.6 Å². The van der Waals surface area contributed by atoms with Gasteiger partial charge in [-0.05, 0) is 24.3 Å². The summed E-state index contributed by atoms with van der Waals surface area (Å²) in [6.07, 6.45) is 0.607. The van der Waals surface area contributed by atoms with E-state index in [0.29, 0.717) is 23.6 Å². The molecule has 21 heavy (non-hydrogen) atoms. The van der Waals surface area contributed by atoms with Crippen molar-refractivity contribution in [1.29, 1.82) is 0 Å². The predicted octanol–water partition coefficient (Wildman–Crippen LogP) is 4.35. The molecule has 3 aromatic rings. The summed E-state index contributed by atoms with van der Waals surface area (Å²) in [5, 5.41) is 1.37. The molecule has 5 heteroatoms. The van der Waals surface area contributed by atoms with Gasteiger partial charge < -0.3 is 4.74 Å². The highest BCUT2D eigenvalue weighted by Crippen LogP contribution is 2.22. The number of esters is 1. The van der Waals surface area contributed by atoms with E-state index in [2.05, 4.69) is 4.98 Å². The van der Waals surface area contributed by atoms with Crippen LogP contribution in [0.1, 0.15) is 15.4 Å². The zero-order chi connectivity index (χ0) is 14.7. The molecule has 0 saturated carbocycles. The normalized spacial score (nSPS) is 10.7. The van der Waals surface area contributed by atoms with Crippen LogP contribution >= 0.6 is 22.9 Å². The van der Waals surface area contributed by atoms with Crippen molar-refractivity contribution in [3.8, 4) is 0 Å². The third-order valence-electron chi connectivity index (χ3n) is 2.98. The lowest BCUT2D eigenvalue weighted by atomic mass is 10.2. The number of hydrogen-bond donors (Lipinski definition) is 0. The zero-order valence-electron chi connectivity index (χ0n) is 11.1. The first-order valence-corrected chi connectivity index (χ1v) is 7.69. The summed E-state index contributed by atoms with van der Waals surface area (Å²) in [5.41, 5.74) is 1.37. The number of fused-ring (bicyclic) bond motifs is 1. The van der Waals surface area contributed by atoms with Crippen molar-refractivity contribution < 1.29 is 9.53 Å². The minimum Gasteiger partial charge on any atom is -0.462 e. The number of nitrogens with zero attached hydrogens (tertiary/aromatic N) is 1. The fourth-order valence-corrected chi connectivity index (χ4v) is 3.12.